The maximum atomic E-state index is 11.9. The van der Waals surface area contributed by atoms with Gasteiger partial charge in [0.2, 0.25) is 0 Å². The van der Waals surface area contributed by atoms with Crippen molar-refractivity contribution in [1.82, 2.24) is 5.32 Å². The van der Waals surface area contributed by atoms with Crippen LogP contribution < -0.4 is 5.32 Å². The van der Waals surface area contributed by atoms with Gasteiger partial charge in [-0.2, -0.15) is 0 Å². The van der Waals surface area contributed by atoms with Crippen molar-refractivity contribution in [3.63, 3.8) is 0 Å². The van der Waals surface area contributed by atoms with E-state index in [9.17, 15) is 4.79 Å². The molecule has 1 aromatic carbocycles. The highest BCUT2D eigenvalue weighted by atomic mass is 127. The van der Waals surface area contributed by atoms with E-state index in [2.05, 4.69) is 34.8 Å². The largest absolute Gasteiger partial charge is 0.349 e. The van der Waals surface area contributed by atoms with E-state index in [-0.39, 0.29) is 5.91 Å². The summed E-state index contributed by atoms with van der Waals surface area (Å²) in [4.78, 5) is 11.9. The molecule has 86 valence electrons. The fourth-order valence-electron chi connectivity index (χ4n) is 2.21. The Labute approximate surface area is 110 Å². The standard InChI is InChI=1S/C13H16INO/c1-9-2-7-12(8-9)15-13(16)10-3-5-11(14)6-4-10/h3-6,9,12H,2,7-8H2,1H3,(H,15,16). The van der Waals surface area contributed by atoms with Crippen molar-refractivity contribution in [3.8, 4) is 0 Å². The number of hydrogen-bond acceptors (Lipinski definition) is 1. The molecule has 16 heavy (non-hydrogen) atoms. The number of halogens is 1. The molecular formula is C13H16INO. The van der Waals surface area contributed by atoms with Crippen LogP contribution in [0.2, 0.25) is 0 Å². The van der Waals surface area contributed by atoms with Crippen LogP contribution in [0.3, 0.4) is 0 Å². The molecule has 1 amide bonds. The van der Waals surface area contributed by atoms with Gasteiger partial charge in [-0.05, 0) is 72.0 Å². The maximum Gasteiger partial charge on any atom is 0.251 e. The van der Waals surface area contributed by atoms with Crippen LogP contribution in [-0.2, 0) is 0 Å². The number of benzene rings is 1. The van der Waals surface area contributed by atoms with Crippen molar-refractivity contribution in [3.05, 3.63) is 33.4 Å². The van der Waals surface area contributed by atoms with Crippen LogP contribution in [0.25, 0.3) is 0 Å². The van der Waals surface area contributed by atoms with Gasteiger partial charge in [0.25, 0.3) is 5.91 Å². The average Bonchev–Trinajstić information content (AvgIpc) is 2.65. The normalized spacial score (nSPS) is 24.4. The Morgan fingerprint density at radius 1 is 1.31 bits per heavy atom. The van der Waals surface area contributed by atoms with E-state index in [1.165, 1.54) is 6.42 Å². The Hall–Kier alpha value is -0.580. The van der Waals surface area contributed by atoms with Crippen LogP contribution in [0.5, 0.6) is 0 Å². The minimum absolute atomic E-state index is 0.0653. The third-order valence-corrected chi connectivity index (χ3v) is 3.86. The Balaban J connectivity index is 1.95. The molecule has 2 atom stereocenters. The molecule has 2 nitrogen and oxygen atoms in total. The molecule has 0 aliphatic heterocycles. The van der Waals surface area contributed by atoms with E-state index in [0.717, 1.165) is 27.9 Å². The molecule has 2 unspecified atom stereocenters. The molecule has 3 heteroatoms. The van der Waals surface area contributed by atoms with Gasteiger partial charge < -0.3 is 5.32 Å². The van der Waals surface area contributed by atoms with Gasteiger partial charge in [-0.25, -0.2) is 0 Å². The van der Waals surface area contributed by atoms with Crippen LogP contribution >= 0.6 is 22.6 Å². The first kappa shape index (κ1) is 11.9. The molecule has 1 aliphatic rings. The Kier molecular flexibility index (Phi) is 3.84. The topological polar surface area (TPSA) is 29.1 Å². The minimum atomic E-state index is 0.0653. The highest BCUT2D eigenvalue weighted by molar-refractivity contribution is 14.1. The van der Waals surface area contributed by atoms with Crippen molar-refractivity contribution >= 4 is 28.5 Å². The fraction of sp³-hybridized carbons (Fsp3) is 0.462. The summed E-state index contributed by atoms with van der Waals surface area (Å²) in [6, 6.07) is 8.08. The average molecular weight is 329 g/mol. The molecule has 1 fully saturated rings. The van der Waals surface area contributed by atoms with Crippen molar-refractivity contribution in [2.75, 3.05) is 0 Å². The first-order chi connectivity index (χ1) is 7.65. The second kappa shape index (κ2) is 5.17. The van der Waals surface area contributed by atoms with Crippen LogP contribution in [-0.4, -0.2) is 11.9 Å². The van der Waals surface area contributed by atoms with Crippen molar-refractivity contribution < 1.29 is 4.79 Å². The molecule has 0 saturated heterocycles. The Morgan fingerprint density at radius 2 is 2.00 bits per heavy atom. The van der Waals surface area contributed by atoms with Crippen LogP contribution in [0.4, 0.5) is 0 Å². The molecule has 0 aromatic heterocycles. The van der Waals surface area contributed by atoms with Crippen molar-refractivity contribution in [2.45, 2.75) is 32.2 Å². The lowest BCUT2D eigenvalue weighted by atomic mass is 10.1. The summed E-state index contributed by atoms with van der Waals surface area (Å²) >= 11 is 2.24. The summed E-state index contributed by atoms with van der Waals surface area (Å²) in [5.74, 6) is 0.817. The lowest BCUT2D eigenvalue weighted by Crippen LogP contribution is -2.32. The van der Waals surface area contributed by atoms with E-state index >= 15 is 0 Å². The lowest BCUT2D eigenvalue weighted by molar-refractivity contribution is 0.0937. The van der Waals surface area contributed by atoms with Gasteiger partial charge in [0, 0.05) is 15.2 Å². The molecule has 0 spiro atoms. The summed E-state index contributed by atoms with van der Waals surface area (Å²) in [5.41, 5.74) is 0.764. The second-order valence-electron chi connectivity index (χ2n) is 4.60. The zero-order valence-corrected chi connectivity index (χ0v) is 11.5. The molecule has 1 aromatic rings. The molecule has 0 bridgehead atoms. The first-order valence-electron chi connectivity index (χ1n) is 5.71. The van der Waals surface area contributed by atoms with E-state index in [1.807, 2.05) is 24.3 Å². The molecule has 1 aliphatic carbocycles. The quantitative estimate of drug-likeness (QED) is 0.830. The molecule has 0 radical (unpaired) electrons. The fourth-order valence-corrected chi connectivity index (χ4v) is 2.57. The van der Waals surface area contributed by atoms with Crippen molar-refractivity contribution in [1.29, 1.82) is 0 Å². The summed E-state index contributed by atoms with van der Waals surface area (Å²) in [6.45, 7) is 2.25. The lowest BCUT2D eigenvalue weighted by Gasteiger charge is -2.12. The third kappa shape index (κ3) is 2.97. The smallest absolute Gasteiger partial charge is 0.251 e. The number of rotatable bonds is 2. The zero-order chi connectivity index (χ0) is 11.5. The molecule has 0 heterocycles. The number of nitrogens with one attached hydrogen (secondary N) is 1. The summed E-state index contributed by atoms with van der Waals surface area (Å²) < 4.78 is 1.16. The van der Waals surface area contributed by atoms with Gasteiger partial charge in [-0.15, -0.1) is 0 Å². The number of carbonyl (C=O) groups excluding carboxylic acids is 1. The third-order valence-electron chi connectivity index (χ3n) is 3.14. The first-order valence-corrected chi connectivity index (χ1v) is 6.79. The zero-order valence-electron chi connectivity index (χ0n) is 9.37. The molecular weight excluding hydrogens is 313 g/mol. The summed E-state index contributed by atoms with van der Waals surface area (Å²) in [7, 11) is 0. The summed E-state index contributed by atoms with van der Waals surface area (Å²) in [5, 5.41) is 3.10. The SMILES string of the molecule is CC1CCC(NC(=O)c2ccc(I)cc2)C1. The molecule has 1 N–H and O–H groups in total. The van der Waals surface area contributed by atoms with Crippen LogP contribution in [0.15, 0.2) is 24.3 Å². The molecule has 1 saturated carbocycles. The second-order valence-corrected chi connectivity index (χ2v) is 5.84. The predicted octanol–water partition coefficient (Wildman–Crippen LogP) is 3.21. The highest BCUT2D eigenvalue weighted by Crippen LogP contribution is 2.24. The maximum absolute atomic E-state index is 11.9. The van der Waals surface area contributed by atoms with E-state index < -0.39 is 0 Å². The molecule has 2 rings (SSSR count). The van der Waals surface area contributed by atoms with Crippen LogP contribution in [0.1, 0.15) is 36.5 Å². The van der Waals surface area contributed by atoms with Gasteiger partial charge in [-0.3, -0.25) is 4.79 Å². The number of amides is 1. The summed E-state index contributed by atoms with van der Waals surface area (Å²) in [6.07, 6.45) is 3.48. The van der Waals surface area contributed by atoms with Crippen LogP contribution in [0, 0.1) is 9.49 Å². The van der Waals surface area contributed by atoms with Gasteiger partial charge in [-0.1, -0.05) is 6.92 Å². The highest BCUT2D eigenvalue weighted by Gasteiger charge is 2.22. The predicted molar refractivity (Wildman–Crippen MR) is 73.4 cm³/mol. The van der Waals surface area contributed by atoms with Gasteiger partial charge in [0.05, 0.1) is 0 Å². The Bertz CT molecular complexity index is 374. The van der Waals surface area contributed by atoms with E-state index in [1.54, 1.807) is 0 Å². The minimum Gasteiger partial charge on any atom is -0.349 e. The number of hydrogen-bond donors (Lipinski definition) is 1. The number of carbonyl (C=O) groups is 1. The van der Waals surface area contributed by atoms with Crippen molar-refractivity contribution in [2.24, 2.45) is 5.92 Å². The van der Waals surface area contributed by atoms with Gasteiger partial charge in [0.15, 0.2) is 0 Å². The van der Waals surface area contributed by atoms with E-state index in [4.69, 9.17) is 0 Å². The Morgan fingerprint density at radius 3 is 2.56 bits per heavy atom. The monoisotopic (exact) mass is 329 g/mol. The van der Waals surface area contributed by atoms with E-state index in [0.29, 0.717) is 6.04 Å². The van der Waals surface area contributed by atoms with Gasteiger partial charge >= 0.3 is 0 Å². The van der Waals surface area contributed by atoms with Gasteiger partial charge in [0.1, 0.15) is 0 Å².